The molecule has 0 spiro atoms. The molecule has 1 rings (SSSR count). The van der Waals surface area contributed by atoms with Crippen molar-refractivity contribution < 1.29 is 14.3 Å². The van der Waals surface area contributed by atoms with Gasteiger partial charge in [0.15, 0.2) is 6.29 Å². The largest absolute Gasteiger partial charge is 0.465 e. The zero-order valence-corrected chi connectivity index (χ0v) is 7.88. The summed E-state index contributed by atoms with van der Waals surface area (Å²) in [5, 5.41) is 0. The predicted molar refractivity (Wildman–Crippen MR) is 50.4 cm³/mol. The van der Waals surface area contributed by atoms with Gasteiger partial charge in [0.2, 0.25) is 0 Å². The SMILES string of the molecule is COC(=O)c1ccc(C=O)c(S)c1. The first-order valence-electron chi connectivity index (χ1n) is 3.55. The summed E-state index contributed by atoms with van der Waals surface area (Å²) in [7, 11) is 1.30. The summed E-state index contributed by atoms with van der Waals surface area (Å²) in [6, 6.07) is 4.55. The molecule has 0 fully saturated rings. The van der Waals surface area contributed by atoms with Crippen LogP contribution in [0, 0.1) is 0 Å². The number of ether oxygens (including phenoxy) is 1. The van der Waals surface area contributed by atoms with E-state index in [1.54, 1.807) is 0 Å². The number of rotatable bonds is 2. The van der Waals surface area contributed by atoms with E-state index < -0.39 is 5.97 Å². The van der Waals surface area contributed by atoms with E-state index in [0.29, 0.717) is 22.3 Å². The maximum Gasteiger partial charge on any atom is 0.337 e. The van der Waals surface area contributed by atoms with Gasteiger partial charge >= 0.3 is 5.97 Å². The van der Waals surface area contributed by atoms with Crippen molar-refractivity contribution in [2.75, 3.05) is 7.11 Å². The molecule has 13 heavy (non-hydrogen) atoms. The zero-order chi connectivity index (χ0) is 9.84. The highest BCUT2D eigenvalue weighted by atomic mass is 32.1. The Labute approximate surface area is 81.1 Å². The number of esters is 1. The Kier molecular flexibility index (Phi) is 3.08. The molecule has 0 amide bonds. The van der Waals surface area contributed by atoms with Gasteiger partial charge in [0.05, 0.1) is 12.7 Å². The minimum atomic E-state index is -0.437. The second-order valence-corrected chi connectivity index (χ2v) is 2.86. The van der Waals surface area contributed by atoms with Gasteiger partial charge in [-0.3, -0.25) is 4.79 Å². The Morgan fingerprint density at radius 2 is 2.23 bits per heavy atom. The maximum atomic E-state index is 11.0. The number of hydrogen-bond acceptors (Lipinski definition) is 4. The van der Waals surface area contributed by atoms with E-state index in [4.69, 9.17) is 0 Å². The van der Waals surface area contributed by atoms with Crippen molar-refractivity contribution in [2.45, 2.75) is 4.90 Å². The summed E-state index contributed by atoms with van der Waals surface area (Å²) < 4.78 is 4.50. The van der Waals surface area contributed by atoms with E-state index in [-0.39, 0.29) is 0 Å². The highest BCUT2D eigenvalue weighted by molar-refractivity contribution is 7.80. The molecule has 0 aliphatic carbocycles. The average molecular weight is 196 g/mol. The van der Waals surface area contributed by atoms with E-state index in [0.717, 1.165) is 0 Å². The third-order valence-electron chi connectivity index (χ3n) is 1.58. The number of thiol groups is 1. The van der Waals surface area contributed by atoms with Crippen LogP contribution in [0.4, 0.5) is 0 Å². The minimum absolute atomic E-state index is 0.387. The van der Waals surface area contributed by atoms with Gasteiger partial charge in [-0.1, -0.05) is 0 Å². The van der Waals surface area contributed by atoms with E-state index in [2.05, 4.69) is 17.4 Å². The second kappa shape index (κ2) is 4.09. The highest BCUT2D eigenvalue weighted by Gasteiger charge is 2.06. The minimum Gasteiger partial charge on any atom is -0.465 e. The lowest BCUT2D eigenvalue weighted by Crippen LogP contribution is -2.01. The predicted octanol–water partition coefficient (Wildman–Crippen LogP) is 1.57. The smallest absolute Gasteiger partial charge is 0.337 e. The van der Waals surface area contributed by atoms with Gasteiger partial charge in [0, 0.05) is 10.5 Å². The Balaban J connectivity index is 3.09. The van der Waals surface area contributed by atoms with Gasteiger partial charge in [-0.05, 0) is 18.2 Å². The first kappa shape index (κ1) is 9.80. The molecule has 3 nitrogen and oxygen atoms in total. The molecule has 68 valence electrons. The number of hydrogen-bond donors (Lipinski definition) is 1. The summed E-state index contributed by atoms with van der Waals surface area (Å²) in [6.45, 7) is 0. The molecule has 0 radical (unpaired) electrons. The molecular formula is C9H8O3S. The Hall–Kier alpha value is -1.29. The van der Waals surface area contributed by atoms with Crippen LogP contribution < -0.4 is 0 Å². The summed E-state index contributed by atoms with van der Waals surface area (Å²) in [5.41, 5.74) is 0.842. The van der Waals surface area contributed by atoms with Gasteiger partial charge in [0.1, 0.15) is 0 Å². The van der Waals surface area contributed by atoms with Crippen molar-refractivity contribution in [2.24, 2.45) is 0 Å². The molecule has 0 unspecified atom stereocenters. The van der Waals surface area contributed by atoms with Gasteiger partial charge in [-0.15, -0.1) is 12.6 Å². The lowest BCUT2D eigenvalue weighted by Gasteiger charge is -2.01. The van der Waals surface area contributed by atoms with Crippen LogP contribution in [-0.2, 0) is 4.74 Å². The number of benzene rings is 1. The molecule has 0 atom stereocenters. The van der Waals surface area contributed by atoms with E-state index in [1.807, 2.05) is 0 Å². The quantitative estimate of drug-likeness (QED) is 0.443. The van der Waals surface area contributed by atoms with Crippen LogP contribution in [0.1, 0.15) is 20.7 Å². The molecule has 0 saturated carbocycles. The molecule has 0 aliphatic rings. The van der Waals surface area contributed by atoms with Gasteiger partial charge < -0.3 is 4.74 Å². The maximum absolute atomic E-state index is 11.0. The molecule has 0 aliphatic heterocycles. The number of carbonyl (C=O) groups excluding carboxylic acids is 2. The molecule has 0 heterocycles. The van der Waals surface area contributed by atoms with Crippen LogP contribution in [0.5, 0.6) is 0 Å². The summed E-state index contributed by atoms with van der Waals surface area (Å²) in [4.78, 5) is 21.9. The van der Waals surface area contributed by atoms with Crippen LogP contribution in [0.2, 0.25) is 0 Å². The van der Waals surface area contributed by atoms with E-state index in [1.165, 1.54) is 25.3 Å². The fraction of sp³-hybridized carbons (Fsp3) is 0.111. The summed E-state index contributed by atoms with van der Waals surface area (Å²) >= 11 is 4.04. The molecule has 4 heteroatoms. The number of carbonyl (C=O) groups is 2. The lowest BCUT2D eigenvalue weighted by atomic mass is 10.1. The fourth-order valence-corrected chi connectivity index (χ4v) is 1.15. The zero-order valence-electron chi connectivity index (χ0n) is 6.98. The van der Waals surface area contributed by atoms with Crippen molar-refractivity contribution >= 4 is 24.9 Å². The van der Waals surface area contributed by atoms with Gasteiger partial charge in [-0.25, -0.2) is 4.79 Å². The van der Waals surface area contributed by atoms with E-state index >= 15 is 0 Å². The standard InChI is InChI=1S/C9H8O3S/c1-12-9(11)6-2-3-7(5-10)8(13)4-6/h2-5,13H,1H3. The number of methoxy groups -OCH3 is 1. The summed E-state index contributed by atoms with van der Waals surface area (Å²) in [5.74, 6) is -0.437. The number of aldehydes is 1. The van der Waals surface area contributed by atoms with Gasteiger partial charge in [0.25, 0.3) is 0 Å². The monoisotopic (exact) mass is 196 g/mol. The van der Waals surface area contributed by atoms with Crippen LogP contribution in [0.3, 0.4) is 0 Å². The summed E-state index contributed by atoms with van der Waals surface area (Å²) in [6.07, 6.45) is 0.684. The fourth-order valence-electron chi connectivity index (χ4n) is 0.888. The van der Waals surface area contributed by atoms with Crippen LogP contribution in [-0.4, -0.2) is 19.4 Å². The van der Waals surface area contributed by atoms with Crippen molar-refractivity contribution in [1.29, 1.82) is 0 Å². The van der Waals surface area contributed by atoms with Crippen LogP contribution in [0.25, 0.3) is 0 Å². The van der Waals surface area contributed by atoms with Crippen molar-refractivity contribution in [3.05, 3.63) is 29.3 Å². The molecule has 0 bridgehead atoms. The van der Waals surface area contributed by atoms with Gasteiger partial charge in [-0.2, -0.15) is 0 Å². The Bertz CT molecular complexity index is 347. The normalized spacial score (nSPS) is 9.38. The van der Waals surface area contributed by atoms with E-state index in [9.17, 15) is 9.59 Å². The van der Waals surface area contributed by atoms with Crippen molar-refractivity contribution in [3.8, 4) is 0 Å². The average Bonchev–Trinajstić information content (AvgIpc) is 2.16. The second-order valence-electron chi connectivity index (χ2n) is 2.38. The Morgan fingerprint density at radius 1 is 1.54 bits per heavy atom. The van der Waals surface area contributed by atoms with Crippen molar-refractivity contribution in [3.63, 3.8) is 0 Å². The third-order valence-corrected chi connectivity index (χ3v) is 1.97. The molecular weight excluding hydrogens is 188 g/mol. The van der Waals surface area contributed by atoms with Crippen LogP contribution >= 0.6 is 12.6 Å². The van der Waals surface area contributed by atoms with Crippen LogP contribution in [0.15, 0.2) is 23.1 Å². The Morgan fingerprint density at radius 3 is 2.69 bits per heavy atom. The van der Waals surface area contributed by atoms with Crippen molar-refractivity contribution in [1.82, 2.24) is 0 Å². The molecule has 1 aromatic carbocycles. The third kappa shape index (κ3) is 2.09. The highest BCUT2D eigenvalue weighted by Crippen LogP contribution is 2.14. The first-order chi connectivity index (χ1) is 6.19. The lowest BCUT2D eigenvalue weighted by molar-refractivity contribution is 0.0600. The molecule has 0 saturated heterocycles. The topological polar surface area (TPSA) is 43.4 Å². The molecule has 1 aromatic rings. The molecule has 0 aromatic heterocycles. The first-order valence-corrected chi connectivity index (χ1v) is 4.00. The molecule has 0 N–H and O–H groups in total.